The van der Waals surface area contributed by atoms with Gasteiger partial charge in [-0.15, -0.1) is 0 Å². The topological polar surface area (TPSA) is 30.0 Å². The van der Waals surface area contributed by atoms with Gasteiger partial charge in [-0.3, -0.25) is 9.19 Å². The smallest absolute Gasteiger partial charge is 0.0533 e. The lowest BCUT2D eigenvalue weighted by atomic mass is 10.2. The van der Waals surface area contributed by atoms with Crippen LogP contribution in [0.1, 0.15) is 18.4 Å². The van der Waals surface area contributed by atoms with Crippen molar-refractivity contribution in [2.45, 2.75) is 12.8 Å². The zero-order valence-electron chi connectivity index (χ0n) is 7.27. The Morgan fingerprint density at radius 2 is 2.38 bits per heavy atom. The van der Waals surface area contributed by atoms with E-state index in [1.165, 1.54) is 0 Å². The van der Waals surface area contributed by atoms with Crippen LogP contribution in [0.3, 0.4) is 0 Å². The Labute approximate surface area is 80.2 Å². The molecule has 1 aliphatic heterocycles. The second-order valence-electron chi connectivity index (χ2n) is 3.00. The molecule has 0 saturated carbocycles. The van der Waals surface area contributed by atoms with Crippen LogP contribution in [0.15, 0.2) is 30.6 Å². The quantitative estimate of drug-likeness (QED) is 0.682. The van der Waals surface area contributed by atoms with Gasteiger partial charge in [0.1, 0.15) is 0 Å². The minimum Gasteiger partial charge on any atom is -0.264 e. The number of allylic oxidation sites excluding steroid dienone is 1. The van der Waals surface area contributed by atoms with E-state index in [9.17, 15) is 4.21 Å². The normalized spacial score (nSPS) is 22.5. The highest BCUT2D eigenvalue weighted by molar-refractivity contribution is 7.94. The third kappa shape index (κ3) is 1.86. The maximum Gasteiger partial charge on any atom is 0.0533 e. The van der Waals surface area contributed by atoms with E-state index in [0.717, 1.165) is 29.1 Å². The van der Waals surface area contributed by atoms with E-state index in [-0.39, 0.29) is 0 Å². The summed E-state index contributed by atoms with van der Waals surface area (Å²) < 4.78 is 11.6. The summed E-state index contributed by atoms with van der Waals surface area (Å²) in [7, 11) is -0.808. The van der Waals surface area contributed by atoms with Gasteiger partial charge in [0.25, 0.3) is 0 Å². The molecule has 68 valence electrons. The molecule has 0 radical (unpaired) electrons. The third-order valence-electron chi connectivity index (χ3n) is 2.05. The van der Waals surface area contributed by atoms with Crippen molar-refractivity contribution < 1.29 is 4.21 Å². The molecule has 1 aromatic heterocycles. The van der Waals surface area contributed by atoms with Crippen molar-refractivity contribution in [1.82, 2.24) is 4.98 Å². The number of nitrogens with zero attached hydrogens (tertiary/aromatic N) is 1. The van der Waals surface area contributed by atoms with Crippen molar-refractivity contribution in [3.8, 4) is 0 Å². The zero-order chi connectivity index (χ0) is 9.10. The van der Waals surface area contributed by atoms with Crippen LogP contribution in [0.2, 0.25) is 0 Å². The average Bonchev–Trinajstić information content (AvgIpc) is 2.20. The van der Waals surface area contributed by atoms with Crippen molar-refractivity contribution in [2.24, 2.45) is 0 Å². The summed E-state index contributed by atoms with van der Waals surface area (Å²) in [6, 6.07) is 3.84. The van der Waals surface area contributed by atoms with Gasteiger partial charge in [-0.2, -0.15) is 0 Å². The zero-order valence-corrected chi connectivity index (χ0v) is 8.09. The molecule has 1 atom stereocenters. The van der Waals surface area contributed by atoms with E-state index >= 15 is 0 Å². The lowest BCUT2D eigenvalue weighted by Crippen LogP contribution is -2.05. The van der Waals surface area contributed by atoms with Crippen LogP contribution >= 0.6 is 0 Å². The number of hydrogen-bond acceptors (Lipinski definition) is 2. The van der Waals surface area contributed by atoms with Crippen LogP contribution in [0.5, 0.6) is 0 Å². The van der Waals surface area contributed by atoms with Crippen molar-refractivity contribution in [3.63, 3.8) is 0 Å². The van der Waals surface area contributed by atoms with Crippen LogP contribution in [-0.4, -0.2) is 14.9 Å². The van der Waals surface area contributed by atoms with Crippen LogP contribution in [0.4, 0.5) is 0 Å². The summed E-state index contributed by atoms with van der Waals surface area (Å²) in [5.74, 6) is 0.792. The van der Waals surface area contributed by atoms with Crippen molar-refractivity contribution in [3.05, 3.63) is 36.2 Å². The van der Waals surface area contributed by atoms with Gasteiger partial charge < -0.3 is 0 Å². The Bertz CT molecular complexity index is 345. The molecule has 1 aliphatic rings. The second kappa shape index (κ2) is 3.83. The van der Waals surface area contributed by atoms with Crippen LogP contribution in [0, 0.1) is 0 Å². The van der Waals surface area contributed by atoms with Gasteiger partial charge in [0.2, 0.25) is 0 Å². The van der Waals surface area contributed by atoms with E-state index in [1.807, 2.05) is 12.1 Å². The van der Waals surface area contributed by atoms with E-state index in [2.05, 4.69) is 11.1 Å². The fourth-order valence-corrected chi connectivity index (χ4v) is 2.74. The second-order valence-corrected chi connectivity index (χ2v) is 4.54. The maximum atomic E-state index is 11.6. The molecule has 1 aromatic rings. The molecule has 13 heavy (non-hydrogen) atoms. The van der Waals surface area contributed by atoms with Gasteiger partial charge in [-0.05, 0) is 18.9 Å². The summed E-state index contributed by atoms with van der Waals surface area (Å²) >= 11 is 0. The van der Waals surface area contributed by atoms with Gasteiger partial charge in [-0.25, -0.2) is 0 Å². The van der Waals surface area contributed by atoms with Gasteiger partial charge in [0, 0.05) is 28.6 Å². The fourth-order valence-electron chi connectivity index (χ4n) is 1.41. The molecule has 1 unspecified atom stereocenters. The van der Waals surface area contributed by atoms with Gasteiger partial charge in [0.15, 0.2) is 0 Å². The predicted octanol–water partition coefficient (Wildman–Crippen LogP) is 1.97. The lowest BCUT2D eigenvalue weighted by Gasteiger charge is -2.11. The molecule has 0 fully saturated rings. The fraction of sp³-hybridized carbons (Fsp3) is 0.300. The molecule has 2 heterocycles. The molecular weight excluding hydrogens is 182 g/mol. The molecular formula is C10H11NOS. The lowest BCUT2D eigenvalue weighted by molar-refractivity contribution is 0.685. The SMILES string of the molecule is O=S1CCCC=C1c1cccnc1. The summed E-state index contributed by atoms with van der Waals surface area (Å²) in [4.78, 5) is 4.98. The molecule has 2 rings (SSSR count). The first kappa shape index (κ1) is 8.63. The Hall–Kier alpha value is -0.960. The van der Waals surface area contributed by atoms with E-state index in [4.69, 9.17) is 0 Å². The molecule has 0 amide bonds. The molecule has 0 aliphatic carbocycles. The molecule has 3 heteroatoms. The first-order chi connectivity index (χ1) is 6.38. The van der Waals surface area contributed by atoms with Crippen LogP contribution in [-0.2, 0) is 10.8 Å². The Morgan fingerprint density at radius 3 is 3.08 bits per heavy atom. The molecule has 2 nitrogen and oxygen atoms in total. The molecule has 0 saturated heterocycles. The van der Waals surface area contributed by atoms with Gasteiger partial charge in [-0.1, -0.05) is 12.1 Å². The van der Waals surface area contributed by atoms with Crippen LogP contribution in [0.25, 0.3) is 4.91 Å². The third-order valence-corrected chi connectivity index (χ3v) is 3.61. The monoisotopic (exact) mass is 193 g/mol. The van der Waals surface area contributed by atoms with Crippen LogP contribution < -0.4 is 0 Å². The highest BCUT2D eigenvalue weighted by Crippen LogP contribution is 2.23. The van der Waals surface area contributed by atoms with Gasteiger partial charge in [0.05, 0.1) is 10.8 Å². The first-order valence-electron chi connectivity index (χ1n) is 4.37. The predicted molar refractivity (Wildman–Crippen MR) is 54.5 cm³/mol. The summed E-state index contributed by atoms with van der Waals surface area (Å²) in [5, 5.41) is 0. The summed E-state index contributed by atoms with van der Waals surface area (Å²) in [5.41, 5.74) is 1.00. The maximum absolute atomic E-state index is 11.6. The molecule has 0 bridgehead atoms. The Kier molecular flexibility index (Phi) is 2.54. The molecule has 0 spiro atoms. The standard InChI is InChI=1S/C10H11NOS/c12-13-7-2-1-5-10(13)9-4-3-6-11-8-9/h3-6,8H,1-2,7H2. The van der Waals surface area contributed by atoms with E-state index in [1.54, 1.807) is 12.4 Å². The summed E-state index contributed by atoms with van der Waals surface area (Å²) in [6.45, 7) is 0. The van der Waals surface area contributed by atoms with Crippen molar-refractivity contribution in [1.29, 1.82) is 0 Å². The number of pyridine rings is 1. The van der Waals surface area contributed by atoms with E-state index < -0.39 is 10.8 Å². The molecule has 0 aromatic carbocycles. The minimum atomic E-state index is -0.808. The van der Waals surface area contributed by atoms with E-state index in [0.29, 0.717) is 0 Å². The Morgan fingerprint density at radius 1 is 1.46 bits per heavy atom. The van der Waals surface area contributed by atoms with Crippen molar-refractivity contribution in [2.75, 3.05) is 5.75 Å². The van der Waals surface area contributed by atoms with Gasteiger partial charge >= 0.3 is 0 Å². The minimum absolute atomic E-state index is 0.792. The van der Waals surface area contributed by atoms with Crippen molar-refractivity contribution >= 4 is 15.7 Å². The number of aromatic nitrogens is 1. The molecule has 0 N–H and O–H groups in total. The highest BCUT2D eigenvalue weighted by atomic mass is 32.2. The Balaban J connectivity index is 2.35. The highest BCUT2D eigenvalue weighted by Gasteiger charge is 2.13. The summed E-state index contributed by atoms with van der Waals surface area (Å²) in [6.07, 6.45) is 7.65. The average molecular weight is 193 g/mol. The number of rotatable bonds is 1. The first-order valence-corrected chi connectivity index (χ1v) is 5.69. The number of hydrogen-bond donors (Lipinski definition) is 0. The largest absolute Gasteiger partial charge is 0.264 e.